The molecule has 1 rings (SSSR count). The van der Waals surface area contributed by atoms with Gasteiger partial charge in [-0.15, -0.1) is 0 Å². The van der Waals surface area contributed by atoms with E-state index in [1.54, 1.807) is 6.92 Å². The van der Waals surface area contributed by atoms with Gasteiger partial charge < -0.3 is 5.32 Å². The number of carbonyl (C=O) groups excluding carboxylic acids is 1. The Kier molecular flexibility index (Phi) is 4.73. The van der Waals surface area contributed by atoms with Gasteiger partial charge in [-0.25, -0.2) is 9.97 Å². The molecule has 0 spiro atoms. The highest BCUT2D eigenvalue weighted by Gasteiger charge is 2.27. The van der Waals surface area contributed by atoms with Gasteiger partial charge in [-0.2, -0.15) is 13.2 Å². The Morgan fingerprint density at radius 3 is 2.82 bits per heavy atom. The Labute approximate surface area is 100 Å². The first-order valence-electron chi connectivity index (χ1n) is 4.65. The third-order valence-electron chi connectivity index (χ3n) is 1.81. The first-order chi connectivity index (χ1) is 7.90. The van der Waals surface area contributed by atoms with Crippen molar-refractivity contribution in [2.75, 3.05) is 12.3 Å². The number of nitrogens with zero attached hydrogens (tertiary/aromatic N) is 2. The predicted molar refractivity (Wildman–Crippen MR) is 57.6 cm³/mol. The molecule has 0 unspecified atom stereocenters. The molecule has 1 aromatic rings. The highest BCUT2D eigenvalue weighted by Crippen LogP contribution is 2.29. The van der Waals surface area contributed by atoms with Crippen molar-refractivity contribution in [3.05, 3.63) is 23.8 Å². The van der Waals surface area contributed by atoms with Gasteiger partial charge in [0.1, 0.15) is 6.33 Å². The van der Waals surface area contributed by atoms with Crippen LogP contribution in [-0.4, -0.2) is 33.7 Å². The van der Waals surface area contributed by atoms with Crippen LogP contribution in [0.4, 0.5) is 13.2 Å². The van der Waals surface area contributed by atoms with E-state index >= 15 is 0 Å². The zero-order valence-corrected chi connectivity index (χ0v) is 9.73. The molecule has 8 heteroatoms. The topological polar surface area (TPSA) is 54.9 Å². The van der Waals surface area contributed by atoms with Crippen molar-refractivity contribution in [1.29, 1.82) is 0 Å². The van der Waals surface area contributed by atoms with Gasteiger partial charge in [0.2, 0.25) is 0 Å². The number of carbonyl (C=O) groups is 1. The number of aromatic nitrogens is 2. The predicted octanol–water partition coefficient (Wildman–Crippen LogP) is 1.77. The number of amides is 1. The van der Waals surface area contributed by atoms with Crippen LogP contribution in [0.2, 0.25) is 0 Å². The lowest BCUT2D eigenvalue weighted by atomic mass is 10.2. The van der Waals surface area contributed by atoms with E-state index in [0.29, 0.717) is 5.69 Å². The van der Waals surface area contributed by atoms with Gasteiger partial charge in [0, 0.05) is 18.5 Å². The summed E-state index contributed by atoms with van der Waals surface area (Å²) in [5.74, 6) is -0.687. The monoisotopic (exact) mass is 265 g/mol. The normalized spacial score (nSPS) is 11.3. The minimum atomic E-state index is -4.27. The van der Waals surface area contributed by atoms with Gasteiger partial charge in [0.15, 0.2) is 0 Å². The fraction of sp³-hybridized carbons (Fsp3) is 0.444. The molecule has 0 aliphatic carbocycles. The Morgan fingerprint density at radius 1 is 1.53 bits per heavy atom. The van der Waals surface area contributed by atoms with Crippen LogP contribution in [0.15, 0.2) is 12.5 Å². The molecule has 0 fully saturated rings. The fourth-order valence-corrected chi connectivity index (χ4v) is 1.48. The Hall–Kier alpha value is -1.31. The number of halogens is 3. The second kappa shape index (κ2) is 5.85. The first-order valence-corrected chi connectivity index (χ1v) is 5.64. The van der Waals surface area contributed by atoms with Gasteiger partial charge in [-0.05, 0) is 18.7 Å². The molecule has 1 N–H and O–H groups in total. The number of nitrogens with one attached hydrogen (secondary N) is 1. The zero-order valence-electron chi connectivity index (χ0n) is 8.91. The van der Waals surface area contributed by atoms with E-state index < -0.39 is 11.4 Å². The third-order valence-corrected chi connectivity index (χ3v) is 2.55. The average Bonchev–Trinajstić information content (AvgIpc) is 2.23. The smallest absolute Gasteiger partial charge is 0.351 e. The minimum absolute atomic E-state index is 0.0582. The van der Waals surface area contributed by atoms with Crippen LogP contribution >= 0.6 is 11.8 Å². The second-order valence-corrected chi connectivity index (χ2v) is 4.23. The highest BCUT2D eigenvalue weighted by atomic mass is 32.2. The van der Waals surface area contributed by atoms with E-state index in [1.165, 1.54) is 12.5 Å². The SMILES string of the molecule is Cc1ncncc1C(=O)NCCSC(F)(F)F. The lowest BCUT2D eigenvalue weighted by molar-refractivity contribution is -0.0327. The minimum Gasteiger partial charge on any atom is -0.351 e. The maximum Gasteiger partial charge on any atom is 0.441 e. The van der Waals surface area contributed by atoms with Crippen molar-refractivity contribution in [2.45, 2.75) is 12.4 Å². The van der Waals surface area contributed by atoms with E-state index in [9.17, 15) is 18.0 Å². The molecule has 0 aromatic carbocycles. The Bertz CT molecular complexity index is 397. The summed E-state index contributed by atoms with van der Waals surface area (Å²) in [7, 11) is 0. The zero-order chi connectivity index (χ0) is 12.9. The number of alkyl halides is 3. The van der Waals surface area contributed by atoms with Crippen molar-refractivity contribution < 1.29 is 18.0 Å². The van der Waals surface area contributed by atoms with Crippen LogP contribution in [-0.2, 0) is 0 Å². The third kappa shape index (κ3) is 5.03. The van der Waals surface area contributed by atoms with Crippen LogP contribution in [0, 0.1) is 6.92 Å². The molecule has 1 heterocycles. The molecular weight excluding hydrogens is 255 g/mol. The van der Waals surface area contributed by atoms with Crippen LogP contribution in [0.3, 0.4) is 0 Å². The largest absolute Gasteiger partial charge is 0.441 e. The molecule has 0 atom stereocenters. The number of thioether (sulfide) groups is 1. The van der Waals surface area contributed by atoms with Gasteiger partial charge in [0.05, 0.1) is 11.3 Å². The quantitative estimate of drug-likeness (QED) is 0.843. The Morgan fingerprint density at radius 2 is 2.24 bits per heavy atom. The Balaban J connectivity index is 2.39. The van der Waals surface area contributed by atoms with Crippen molar-refractivity contribution in [2.24, 2.45) is 0 Å². The summed E-state index contributed by atoms with van der Waals surface area (Å²) in [6.07, 6.45) is 2.63. The molecular formula is C9H10F3N3OS. The number of rotatable bonds is 4. The average molecular weight is 265 g/mol. The van der Waals surface area contributed by atoms with E-state index in [-0.39, 0.29) is 29.6 Å². The van der Waals surface area contributed by atoms with E-state index in [1.807, 2.05) is 0 Å². The molecule has 0 bridgehead atoms. The lowest BCUT2D eigenvalue weighted by Gasteiger charge is -2.07. The molecule has 94 valence electrons. The summed E-state index contributed by atoms with van der Waals surface area (Å²) >= 11 is -0.171. The summed E-state index contributed by atoms with van der Waals surface area (Å²) in [4.78, 5) is 19.0. The molecule has 4 nitrogen and oxygen atoms in total. The van der Waals surface area contributed by atoms with Gasteiger partial charge in [-0.3, -0.25) is 4.79 Å². The first kappa shape index (κ1) is 13.8. The summed E-state index contributed by atoms with van der Waals surface area (Å²) in [6, 6.07) is 0. The summed E-state index contributed by atoms with van der Waals surface area (Å²) in [6.45, 7) is 1.57. The van der Waals surface area contributed by atoms with Gasteiger partial charge in [0.25, 0.3) is 5.91 Å². The van der Waals surface area contributed by atoms with Crippen LogP contribution in [0.1, 0.15) is 16.1 Å². The number of hydrogen-bond donors (Lipinski definition) is 1. The molecule has 0 radical (unpaired) electrons. The molecule has 0 saturated carbocycles. The molecule has 17 heavy (non-hydrogen) atoms. The maximum atomic E-state index is 11.8. The summed E-state index contributed by atoms with van der Waals surface area (Å²) < 4.78 is 35.4. The van der Waals surface area contributed by atoms with Crippen molar-refractivity contribution in [3.8, 4) is 0 Å². The number of hydrogen-bond acceptors (Lipinski definition) is 4. The van der Waals surface area contributed by atoms with Crippen molar-refractivity contribution in [1.82, 2.24) is 15.3 Å². The molecule has 0 saturated heterocycles. The lowest BCUT2D eigenvalue weighted by Crippen LogP contribution is -2.27. The van der Waals surface area contributed by atoms with Crippen molar-refractivity contribution >= 4 is 17.7 Å². The number of aryl methyl sites for hydroxylation is 1. The van der Waals surface area contributed by atoms with E-state index in [0.717, 1.165) is 0 Å². The van der Waals surface area contributed by atoms with Gasteiger partial charge in [-0.1, -0.05) is 0 Å². The fourth-order valence-electron chi connectivity index (χ4n) is 1.04. The summed E-state index contributed by atoms with van der Waals surface area (Å²) in [5.41, 5.74) is -3.51. The molecule has 0 aliphatic heterocycles. The maximum absolute atomic E-state index is 11.8. The standard InChI is InChI=1S/C9H10F3N3OS/c1-6-7(4-13-5-15-6)8(16)14-2-3-17-9(10,11)12/h4-5H,2-3H2,1H3,(H,14,16). The van der Waals surface area contributed by atoms with E-state index in [4.69, 9.17) is 0 Å². The highest BCUT2D eigenvalue weighted by molar-refractivity contribution is 8.00. The van der Waals surface area contributed by atoms with Crippen LogP contribution in [0.25, 0.3) is 0 Å². The summed E-state index contributed by atoms with van der Waals surface area (Å²) in [5, 5.41) is 2.37. The molecule has 1 aromatic heterocycles. The van der Waals surface area contributed by atoms with Gasteiger partial charge >= 0.3 is 5.51 Å². The second-order valence-electron chi connectivity index (χ2n) is 3.07. The van der Waals surface area contributed by atoms with Crippen LogP contribution < -0.4 is 5.32 Å². The molecule has 1 amide bonds. The van der Waals surface area contributed by atoms with Crippen molar-refractivity contribution in [3.63, 3.8) is 0 Å². The van der Waals surface area contributed by atoms with Crippen LogP contribution in [0.5, 0.6) is 0 Å². The van der Waals surface area contributed by atoms with E-state index in [2.05, 4.69) is 15.3 Å². The molecule has 0 aliphatic rings.